The zero-order valence-electron chi connectivity index (χ0n) is 18.4. The molecule has 0 spiro atoms. The molecule has 4 heterocycles. The van der Waals surface area contributed by atoms with Crippen molar-refractivity contribution in [2.24, 2.45) is 17.8 Å². The first kappa shape index (κ1) is 22.8. The van der Waals surface area contributed by atoms with Crippen molar-refractivity contribution in [3.8, 4) is 0 Å². The number of carbonyl (C=O) groups excluding carboxylic acids is 1. The van der Waals surface area contributed by atoms with E-state index < -0.39 is 84.3 Å². The smallest absolute Gasteiger partial charge is 0.338 e. The highest BCUT2D eigenvalue weighted by molar-refractivity contribution is 5.89. The Morgan fingerprint density at radius 2 is 1.82 bits per heavy atom. The van der Waals surface area contributed by atoms with E-state index in [0.717, 1.165) is 0 Å². The van der Waals surface area contributed by atoms with Crippen molar-refractivity contribution in [1.82, 2.24) is 0 Å². The zero-order chi connectivity index (χ0) is 24.0. The molecule has 186 valence electrons. The molecule has 1 aromatic carbocycles. The van der Waals surface area contributed by atoms with E-state index in [1.165, 1.54) is 0 Å². The first-order chi connectivity index (χ1) is 16.1. The van der Waals surface area contributed by atoms with Gasteiger partial charge in [-0.05, 0) is 19.1 Å². The lowest BCUT2D eigenvalue weighted by Gasteiger charge is -2.67. The highest BCUT2D eigenvalue weighted by Crippen LogP contribution is 2.77. The lowest BCUT2D eigenvalue weighted by atomic mass is 9.43. The van der Waals surface area contributed by atoms with Crippen molar-refractivity contribution >= 4 is 5.97 Å². The second-order valence-electron chi connectivity index (χ2n) is 10.1. The van der Waals surface area contributed by atoms with Gasteiger partial charge in [-0.25, -0.2) is 4.79 Å². The SMILES string of the molecule is C[C@]12C[C@]3(O)O[C@@H](O1)[C@H]1[C@@H]3[C@H](COC(=O)c3ccccc3)[C@]12O[C@H]1O[C@@H](CO)[C@H](O)[C@@H](O)[C@@H]1O. The second kappa shape index (κ2) is 7.42. The van der Waals surface area contributed by atoms with Gasteiger partial charge in [0.25, 0.3) is 0 Å². The summed E-state index contributed by atoms with van der Waals surface area (Å²) in [6, 6.07) is 8.49. The molecule has 0 aromatic heterocycles. The molecule has 4 aliphatic heterocycles. The van der Waals surface area contributed by atoms with Crippen LogP contribution in [-0.4, -0.2) is 98.7 Å². The van der Waals surface area contributed by atoms with Crippen LogP contribution in [0.15, 0.2) is 30.3 Å². The first-order valence-electron chi connectivity index (χ1n) is 11.4. The van der Waals surface area contributed by atoms with Crippen LogP contribution in [0, 0.1) is 17.8 Å². The fraction of sp³-hybridized carbons (Fsp3) is 0.696. The molecular weight excluding hydrogens is 452 g/mol. The van der Waals surface area contributed by atoms with Crippen molar-refractivity contribution in [2.45, 2.75) is 67.3 Å². The molecule has 0 unspecified atom stereocenters. The maximum atomic E-state index is 12.6. The standard InChI is InChI=1S/C23H28O11/c1-21-9-22(29)13-11(8-30-18(28)10-5-3-2-4-6-10)23(21,14(13)19(32-21)33-22)34-20-17(27)16(26)15(25)12(7-24)31-20/h2-6,11-17,19-20,24-27,29H,7-9H2,1H3/t11-,12-,13-,14+,15-,16+,17-,19+,20+,21+,22-,23-/m0/s1. The maximum absolute atomic E-state index is 12.6. The normalized spacial score (nSPS) is 52.5. The minimum Gasteiger partial charge on any atom is -0.462 e. The van der Waals surface area contributed by atoms with Crippen LogP contribution >= 0.6 is 0 Å². The molecule has 11 nitrogen and oxygen atoms in total. The van der Waals surface area contributed by atoms with Crippen molar-refractivity contribution in [3.05, 3.63) is 35.9 Å². The quantitative estimate of drug-likeness (QED) is 0.301. The molecule has 3 aliphatic carbocycles. The fourth-order valence-electron chi connectivity index (χ4n) is 6.94. The third-order valence-electron chi connectivity index (χ3n) is 8.36. The van der Waals surface area contributed by atoms with E-state index >= 15 is 0 Å². The maximum Gasteiger partial charge on any atom is 0.338 e. The van der Waals surface area contributed by atoms with E-state index in [2.05, 4.69) is 0 Å². The summed E-state index contributed by atoms with van der Waals surface area (Å²) in [5.74, 6) is -3.43. The van der Waals surface area contributed by atoms with E-state index in [4.69, 9.17) is 23.7 Å². The lowest BCUT2D eigenvalue weighted by Crippen LogP contribution is -2.81. The summed E-state index contributed by atoms with van der Waals surface area (Å²) >= 11 is 0. The summed E-state index contributed by atoms with van der Waals surface area (Å²) < 4.78 is 29.5. The third kappa shape index (κ3) is 2.75. The second-order valence-corrected chi connectivity index (χ2v) is 10.1. The molecule has 6 bridgehead atoms. The van der Waals surface area contributed by atoms with Gasteiger partial charge >= 0.3 is 5.97 Å². The number of hydrogen-bond acceptors (Lipinski definition) is 11. The van der Waals surface area contributed by atoms with Gasteiger partial charge in [0.1, 0.15) is 35.6 Å². The summed E-state index contributed by atoms with van der Waals surface area (Å²) in [5, 5.41) is 51.7. The number of aliphatic hydroxyl groups is 5. The summed E-state index contributed by atoms with van der Waals surface area (Å²) in [4.78, 5) is 12.6. The Labute approximate surface area is 194 Å². The lowest BCUT2D eigenvalue weighted by molar-refractivity contribution is -0.433. The third-order valence-corrected chi connectivity index (χ3v) is 8.36. The van der Waals surface area contributed by atoms with Gasteiger partial charge in [-0.2, -0.15) is 0 Å². The summed E-state index contributed by atoms with van der Waals surface area (Å²) in [5.41, 5.74) is -1.86. The molecule has 0 amide bonds. The minimum atomic E-state index is -1.61. The Kier molecular flexibility index (Phi) is 4.97. The molecule has 0 radical (unpaired) electrons. The van der Waals surface area contributed by atoms with Crippen LogP contribution in [0.1, 0.15) is 23.7 Å². The molecule has 11 heteroatoms. The largest absolute Gasteiger partial charge is 0.462 e. The Bertz CT molecular complexity index is 973. The molecule has 12 atom stereocenters. The van der Waals surface area contributed by atoms with Crippen LogP contribution in [0.25, 0.3) is 0 Å². The van der Waals surface area contributed by atoms with Crippen molar-refractivity contribution in [1.29, 1.82) is 0 Å². The van der Waals surface area contributed by atoms with Gasteiger partial charge in [0.15, 0.2) is 18.4 Å². The average Bonchev–Trinajstić information content (AvgIpc) is 3.07. The number of esters is 1. The number of carbonyl (C=O) groups is 1. The van der Waals surface area contributed by atoms with Crippen LogP contribution in [0.3, 0.4) is 0 Å². The van der Waals surface area contributed by atoms with Crippen LogP contribution in [0.2, 0.25) is 0 Å². The van der Waals surface area contributed by atoms with Crippen LogP contribution in [0.4, 0.5) is 0 Å². The molecule has 1 aromatic rings. The van der Waals surface area contributed by atoms with Gasteiger partial charge in [0.05, 0.1) is 24.7 Å². The first-order valence-corrected chi connectivity index (χ1v) is 11.4. The number of ether oxygens (including phenoxy) is 5. The van der Waals surface area contributed by atoms with E-state index in [9.17, 15) is 30.3 Å². The average molecular weight is 480 g/mol. The van der Waals surface area contributed by atoms with E-state index in [1.54, 1.807) is 37.3 Å². The number of hydrogen-bond donors (Lipinski definition) is 5. The van der Waals surface area contributed by atoms with Crippen molar-refractivity contribution in [2.75, 3.05) is 13.2 Å². The zero-order valence-corrected chi connectivity index (χ0v) is 18.4. The predicted octanol–water partition coefficient (Wildman–Crippen LogP) is -1.50. The van der Waals surface area contributed by atoms with E-state index in [-0.39, 0.29) is 13.0 Å². The van der Waals surface area contributed by atoms with Gasteiger partial charge in [0.2, 0.25) is 0 Å². The topological polar surface area (TPSA) is 164 Å². The Hall–Kier alpha value is -1.67. The molecule has 7 aliphatic rings. The molecule has 8 rings (SSSR count). The molecule has 3 saturated carbocycles. The van der Waals surface area contributed by atoms with Gasteiger partial charge in [-0.3, -0.25) is 0 Å². The molecule has 7 fully saturated rings. The number of benzene rings is 1. The summed E-state index contributed by atoms with van der Waals surface area (Å²) in [6.45, 7) is 1.06. The predicted molar refractivity (Wildman–Crippen MR) is 109 cm³/mol. The Balaban J connectivity index is 1.30. The van der Waals surface area contributed by atoms with Crippen LogP contribution in [-0.2, 0) is 23.7 Å². The van der Waals surface area contributed by atoms with E-state index in [0.29, 0.717) is 5.56 Å². The van der Waals surface area contributed by atoms with Gasteiger partial charge in [-0.1, -0.05) is 18.2 Å². The van der Waals surface area contributed by atoms with Gasteiger partial charge < -0.3 is 49.2 Å². The molecule has 5 N–H and O–H groups in total. The molecule has 34 heavy (non-hydrogen) atoms. The Morgan fingerprint density at radius 1 is 1.09 bits per heavy atom. The highest BCUT2D eigenvalue weighted by atomic mass is 16.8. The van der Waals surface area contributed by atoms with Crippen LogP contribution < -0.4 is 0 Å². The van der Waals surface area contributed by atoms with Crippen LogP contribution in [0.5, 0.6) is 0 Å². The van der Waals surface area contributed by atoms with Gasteiger partial charge in [-0.15, -0.1) is 0 Å². The minimum absolute atomic E-state index is 0.0955. The van der Waals surface area contributed by atoms with Crippen molar-refractivity contribution in [3.63, 3.8) is 0 Å². The molecular formula is C23H28O11. The van der Waals surface area contributed by atoms with E-state index in [1.807, 2.05) is 0 Å². The summed E-state index contributed by atoms with van der Waals surface area (Å²) in [6.07, 6.45) is -7.95. The summed E-state index contributed by atoms with van der Waals surface area (Å²) in [7, 11) is 0. The molecule has 4 saturated heterocycles. The van der Waals surface area contributed by atoms with Crippen molar-refractivity contribution < 1.29 is 54.0 Å². The Morgan fingerprint density at radius 3 is 2.50 bits per heavy atom. The number of aliphatic hydroxyl groups excluding tert-OH is 4. The fourth-order valence-corrected chi connectivity index (χ4v) is 6.94. The highest BCUT2D eigenvalue weighted by Gasteiger charge is 2.91. The number of rotatable bonds is 6. The monoisotopic (exact) mass is 480 g/mol. The van der Waals surface area contributed by atoms with Gasteiger partial charge in [0, 0.05) is 18.3 Å².